The Balaban J connectivity index is 1.58. The first kappa shape index (κ1) is 18.7. The van der Waals surface area contributed by atoms with Crippen molar-refractivity contribution in [3.05, 3.63) is 48.0 Å². The highest BCUT2D eigenvalue weighted by Crippen LogP contribution is 2.16. The summed E-state index contributed by atoms with van der Waals surface area (Å²) in [5.41, 5.74) is 1.22. The van der Waals surface area contributed by atoms with E-state index < -0.39 is 0 Å². The Morgan fingerprint density at radius 1 is 1.12 bits per heavy atom. The third-order valence-electron chi connectivity index (χ3n) is 4.81. The molecule has 0 spiro atoms. The van der Waals surface area contributed by atoms with Crippen molar-refractivity contribution < 1.29 is 4.74 Å². The zero-order valence-electron chi connectivity index (χ0n) is 15.9. The van der Waals surface area contributed by atoms with Crippen LogP contribution in [0.4, 0.5) is 0 Å². The highest BCUT2D eigenvalue weighted by Gasteiger charge is 2.16. The third kappa shape index (κ3) is 5.19. The van der Waals surface area contributed by atoms with Crippen LogP contribution in [0, 0.1) is 0 Å². The van der Waals surface area contributed by atoms with Crippen molar-refractivity contribution in [3.8, 4) is 0 Å². The molecule has 5 heteroatoms. The second-order valence-corrected chi connectivity index (χ2v) is 6.75. The molecule has 0 bridgehead atoms. The first-order chi connectivity index (χ1) is 12.8. The number of aliphatic imine (C=N–C) groups is 1. The van der Waals surface area contributed by atoms with Crippen molar-refractivity contribution in [1.82, 2.24) is 15.5 Å². The van der Waals surface area contributed by atoms with Gasteiger partial charge < -0.3 is 15.4 Å². The average Bonchev–Trinajstić information content (AvgIpc) is 2.70. The molecule has 1 heterocycles. The minimum absolute atomic E-state index is 0.462. The largest absolute Gasteiger partial charge is 0.379 e. The fourth-order valence-corrected chi connectivity index (χ4v) is 3.24. The van der Waals surface area contributed by atoms with Gasteiger partial charge in [0.15, 0.2) is 5.96 Å². The Hall–Kier alpha value is -2.11. The SMILES string of the molecule is CCNC(=NCc1ccc2ccccc2c1)NCC(C)N1CCOCC1. The lowest BCUT2D eigenvalue weighted by Gasteiger charge is -2.32. The number of morpholine rings is 1. The second-order valence-electron chi connectivity index (χ2n) is 6.75. The number of ether oxygens (including phenoxy) is 1. The molecule has 3 rings (SSSR count). The van der Waals surface area contributed by atoms with Crippen LogP contribution in [0.15, 0.2) is 47.5 Å². The van der Waals surface area contributed by atoms with Gasteiger partial charge in [-0.05, 0) is 36.2 Å². The lowest BCUT2D eigenvalue weighted by atomic mass is 10.1. The summed E-state index contributed by atoms with van der Waals surface area (Å²) in [4.78, 5) is 7.22. The van der Waals surface area contributed by atoms with E-state index in [-0.39, 0.29) is 0 Å². The van der Waals surface area contributed by atoms with Crippen molar-refractivity contribution in [2.45, 2.75) is 26.4 Å². The lowest BCUT2D eigenvalue weighted by molar-refractivity contribution is 0.0211. The second kappa shape index (κ2) is 9.55. The molecule has 0 aromatic heterocycles. The summed E-state index contributed by atoms with van der Waals surface area (Å²) in [6, 6.07) is 15.4. The Morgan fingerprint density at radius 3 is 2.65 bits per heavy atom. The van der Waals surface area contributed by atoms with Crippen molar-refractivity contribution >= 4 is 16.7 Å². The van der Waals surface area contributed by atoms with Crippen LogP contribution in [0.25, 0.3) is 10.8 Å². The minimum Gasteiger partial charge on any atom is -0.379 e. The van der Waals surface area contributed by atoms with Gasteiger partial charge in [-0.3, -0.25) is 4.90 Å². The topological polar surface area (TPSA) is 48.9 Å². The maximum atomic E-state index is 5.43. The summed E-state index contributed by atoms with van der Waals surface area (Å²) in [6.45, 7) is 10.4. The Bertz CT molecular complexity index is 725. The standard InChI is InChI=1S/C21H30N4O/c1-3-22-21(23-15-17(2)25-10-12-26-13-11-25)24-16-18-8-9-19-6-4-5-7-20(19)14-18/h4-9,14,17H,3,10-13,15-16H2,1-2H3,(H2,22,23,24). The Kier molecular flexibility index (Phi) is 6.86. The van der Waals surface area contributed by atoms with Crippen LogP contribution < -0.4 is 10.6 Å². The molecule has 140 valence electrons. The molecular formula is C21H30N4O. The molecule has 1 aliphatic rings. The fourth-order valence-electron chi connectivity index (χ4n) is 3.24. The molecule has 26 heavy (non-hydrogen) atoms. The summed E-state index contributed by atoms with van der Waals surface area (Å²) in [6.07, 6.45) is 0. The van der Waals surface area contributed by atoms with E-state index in [1.165, 1.54) is 16.3 Å². The van der Waals surface area contributed by atoms with E-state index >= 15 is 0 Å². The summed E-state index contributed by atoms with van der Waals surface area (Å²) in [5.74, 6) is 0.876. The van der Waals surface area contributed by atoms with Gasteiger partial charge in [0.2, 0.25) is 0 Å². The van der Waals surface area contributed by atoms with E-state index in [1.54, 1.807) is 0 Å². The first-order valence-electron chi connectivity index (χ1n) is 9.58. The number of hydrogen-bond donors (Lipinski definition) is 2. The summed E-state index contributed by atoms with van der Waals surface area (Å²) < 4.78 is 5.43. The van der Waals surface area contributed by atoms with Crippen molar-refractivity contribution in [3.63, 3.8) is 0 Å². The quantitative estimate of drug-likeness (QED) is 0.618. The molecule has 1 unspecified atom stereocenters. The maximum Gasteiger partial charge on any atom is 0.191 e. The van der Waals surface area contributed by atoms with Gasteiger partial charge in [0.1, 0.15) is 0 Å². The summed E-state index contributed by atoms with van der Waals surface area (Å²) >= 11 is 0. The van der Waals surface area contributed by atoms with Gasteiger partial charge in [0.05, 0.1) is 19.8 Å². The van der Waals surface area contributed by atoms with Crippen LogP contribution in [0.3, 0.4) is 0 Å². The van der Waals surface area contributed by atoms with Gasteiger partial charge >= 0.3 is 0 Å². The van der Waals surface area contributed by atoms with Crippen LogP contribution in [-0.4, -0.2) is 56.3 Å². The molecular weight excluding hydrogens is 324 g/mol. The predicted octanol–water partition coefficient (Wildman–Crippen LogP) is 2.62. The average molecular weight is 354 g/mol. The molecule has 5 nitrogen and oxygen atoms in total. The molecule has 2 aromatic carbocycles. The van der Waals surface area contributed by atoms with Crippen LogP contribution in [0.5, 0.6) is 0 Å². The third-order valence-corrected chi connectivity index (χ3v) is 4.81. The van der Waals surface area contributed by atoms with E-state index in [2.05, 4.69) is 71.8 Å². The van der Waals surface area contributed by atoms with Gasteiger partial charge in [-0.2, -0.15) is 0 Å². The number of nitrogens with zero attached hydrogens (tertiary/aromatic N) is 2. The summed E-state index contributed by atoms with van der Waals surface area (Å²) in [7, 11) is 0. The van der Waals surface area contributed by atoms with Crippen molar-refractivity contribution in [2.75, 3.05) is 39.4 Å². The molecule has 0 aliphatic carbocycles. The number of fused-ring (bicyclic) bond motifs is 1. The van der Waals surface area contributed by atoms with Gasteiger partial charge in [-0.25, -0.2) is 4.99 Å². The maximum absolute atomic E-state index is 5.43. The minimum atomic E-state index is 0.462. The normalized spacial score (nSPS) is 17.2. The first-order valence-corrected chi connectivity index (χ1v) is 9.58. The van der Waals surface area contributed by atoms with Crippen LogP contribution in [0.2, 0.25) is 0 Å². The van der Waals surface area contributed by atoms with Crippen LogP contribution in [0.1, 0.15) is 19.4 Å². The molecule has 2 aromatic rings. The van der Waals surface area contributed by atoms with Gasteiger partial charge in [-0.1, -0.05) is 36.4 Å². The number of hydrogen-bond acceptors (Lipinski definition) is 3. The van der Waals surface area contributed by atoms with Gasteiger partial charge in [0.25, 0.3) is 0 Å². The van der Waals surface area contributed by atoms with Crippen LogP contribution in [-0.2, 0) is 11.3 Å². The number of nitrogens with one attached hydrogen (secondary N) is 2. The van der Waals surface area contributed by atoms with E-state index in [0.29, 0.717) is 12.6 Å². The molecule has 0 radical (unpaired) electrons. The molecule has 1 fully saturated rings. The van der Waals surface area contributed by atoms with Gasteiger partial charge in [-0.15, -0.1) is 0 Å². The van der Waals surface area contributed by atoms with E-state index in [0.717, 1.165) is 45.4 Å². The molecule has 1 aliphatic heterocycles. The Labute approximate surface area is 156 Å². The van der Waals surface area contributed by atoms with E-state index in [1.807, 2.05) is 0 Å². The highest BCUT2D eigenvalue weighted by molar-refractivity contribution is 5.83. The molecule has 1 atom stereocenters. The van der Waals surface area contributed by atoms with Crippen LogP contribution >= 0.6 is 0 Å². The fraction of sp³-hybridized carbons (Fsp3) is 0.476. The van der Waals surface area contributed by atoms with Gasteiger partial charge in [0, 0.05) is 32.2 Å². The lowest BCUT2D eigenvalue weighted by Crippen LogP contribution is -2.49. The zero-order chi connectivity index (χ0) is 18.2. The Morgan fingerprint density at radius 2 is 1.88 bits per heavy atom. The smallest absolute Gasteiger partial charge is 0.191 e. The van der Waals surface area contributed by atoms with Crippen molar-refractivity contribution in [2.24, 2.45) is 4.99 Å². The zero-order valence-corrected chi connectivity index (χ0v) is 15.9. The monoisotopic (exact) mass is 354 g/mol. The molecule has 1 saturated heterocycles. The predicted molar refractivity (Wildman–Crippen MR) is 109 cm³/mol. The molecule has 2 N–H and O–H groups in total. The van der Waals surface area contributed by atoms with Crippen molar-refractivity contribution in [1.29, 1.82) is 0 Å². The molecule has 0 amide bonds. The van der Waals surface area contributed by atoms with E-state index in [9.17, 15) is 0 Å². The number of benzene rings is 2. The molecule has 0 saturated carbocycles. The number of guanidine groups is 1. The van der Waals surface area contributed by atoms with E-state index in [4.69, 9.17) is 9.73 Å². The highest BCUT2D eigenvalue weighted by atomic mass is 16.5. The number of rotatable bonds is 6. The summed E-state index contributed by atoms with van der Waals surface area (Å²) in [5, 5.41) is 9.36.